The largest absolute Gasteiger partial charge is 0.573 e. The molecule has 0 bridgehead atoms. The van der Waals surface area contributed by atoms with Crippen molar-refractivity contribution in [3.05, 3.63) is 53.3 Å². The summed E-state index contributed by atoms with van der Waals surface area (Å²) in [6, 6.07) is 3.79. The predicted octanol–water partition coefficient (Wildman–Crippen LogP) is 4.65. The minimum atomic E-state index is -5.08. The normalized spacial score (nSPS) is 11.1. The van der Waals surface area contributed by atoms with Crippen molar-refractivity contribution in [3.63, 3.8) is 0 Å². The third-order valence-electron chi connectivity index (χ3n) is 2.66. The van der Waals surface area contributed by atoms with Crippen molar-refractivity contribution in [3.8, 4) is 29.2 Å². The zero-order valence-corrected chi connectivity index (χ0v) is 10.6. The highest BCUT2D eigenvalue weighted by atomic mass is 19.4. The van der Waals surface area contributed by atoms with E-state index >= 15 is 0 Å². The Balaban J connectivity index is 2.48. The first-order valence-electron chi connectivity index (χ1n) is 5.72. The maximum atomic E-state index is 13.8. The van der Waals surface area contributed by atoms with Crippen molar-refractivity contribution >= 4 is 0 Å². The van der Waals surface area contributed by atoms with E-state index in [1.807, 2.05) is 5.92 Å². The summed E-state index contributed by atoms with van der Waals surface area (Å²) in [7, 11) is 0. The monoisotopic (exact) mass is 316 g/mol. The van der Waals surface area contributed by atoms with E-state index in [0.29, 0.717) is 12.1 Å². The average molecular weight is 316 g/mol. The van der Waals surface area contributed by atoms with Crippen LogP contribution in [0.2, 0.25) is 0 Å². The molecule has 22 heavy (non-hydrogen) atoms. The van der Waals surface area contributed by atoms with Crippen molar-refractivity contribution in [2.75, 3.05) is 0 Å². The van der Waals surface area contributed by atoms with Crippen LogP contribution in [0.15, 0.2) is 30.3 Å². The lowest BCUT2D eigenvalue weighted by molar-refractivity contribution is -0.275. The fraction of sp³-hybridized carbons (Fsp3) is 0.0667. The number of ether oxygens (including phenoxy) is 1. The molecule has 114 valence electrons. The van der Waals surface area contributed by atoms with E-state index in [-0.39, 0.29) is 11.1 Å². The molecule has 0 aliphatic heterocycles. The van der Waals surface area contributed by atoms with Crippen LogP contribution in [0.1, 0.15) is 5.56 Å². The molecule has 0 amide bonds. The molecule has 0 aliphatic carbocycles. The van der Waals surface area contributed by atoms with Crippen molar-refractivity contribution in [1.82, 2.24) is 0 Å². The van der Waals surface area contributed by atoms with Crippen molar-refractivity contribution in [2.45, 2.75) is 6.36 Å². The van der Waals surface area contributed by atoms with Gasteiger partial charge >= 0.3 is 6.36 Å². The lowest BCUT2D eigenvalue weighted by atomic mass is 10.0. The molecule has 0 fully saturated rings. The molecule has 0 spiro atoms. The van der Waals surface area contributed by atoms with Gasteiger partial charge in [-0.3, -0.25) is 0 Å². The molecule has 0 unspecified atom stereocenters. The SMILES string of the molecule is C#Cc1cc(F)c(-c2ccc(OC(F)(F)F)c(F)c2)c(F)c1. The number of alkyl halides is 3. The van der Waals surface area contributed by atoms with Gasteiger partial charge in [-0.25, -0.2) is 13.2 Å². The first-order valence-corrected chi connectivity index (χ1v) is 5.72. The van der Waals surface area contributed by atoms with Crippen LogP contribution < -0.4 is 4.74 Å². The van der Waals surface area contributed by atoms with E-state index < -0.39 is 35.1 Å². The summed E-state index contributed by atoms with van der Waals surface area (Å²) in [6.07, 6.45) is -0.0634. The molecule has 0 saturated heterocycles. The summed E-state index contributed by atoms with van der Waals surface area (Å²) in [4.78, 5) is 0. The smallest absolute Gasteiger partial charge is 0.403 e. The molecule has 0 saturated carbocycles. The Morgan fingerprint density at radius 1 is 0.909 bits per heavy atom. The molecule has 0 aromatic heterocycles. The third-order valence-corrected chi connectivity index (χ3v) is 2.66. The van der Waals surface area contributed by atoms with Crippen LogP contribution in [-0.4, -0.2) is 6.36 Å². The minimum Gasteiger partial charge on any atom is -0.403 e. The van der Waals surface area contributed by atoms with Crippen LogP contribution in [-0.2, 0) is 0 Å². The minimum absolute atomic E-state index is 0.0590. The summed E-state index contributed by atoms with van der Waals surface area (Å²) in [5.74, 6) is -2.59. The van der Waals surface area contributed by atoms with Crippen LogP contribution in [0.5, 0.6) is 5.75 Å². The Hall–Kier alpha value is -2.62. The van der Waals surface area contributed by atoms with E-state index in [0.717, 1.165) is 18.2 Å². The molecule has 0 aliphatic rings. The van der Waals surface area contributed by atoms with Crippen LogP contribution in [0, 0.1) is 29.8 Å². The lowest BCUT2D eigenvalue weighted by Crippen LogP contribution is -2.17. The highest BCUT2D eigenvalue weighted by Gasteiger charge is 2.32. The van der Waals surface area contributed by atoms with Gasteiger partial charge in [-0.05, 0) is 29.8 Å². The number of halogens is 6. The molecule has 0 heterocycles. The summed E-state index contributed by atoms with van der Waals surface area (Å²) < 4.78 is 80.7. The second kappa shape index (κ2) is 5.64. The number of benzene rings is 2. The van der Waals surface area contributed by atoms with Crippen molar-refractivity contribution < 1.29 is 31.1 Å². The molecule has 2 aromatic rings. The van der Waals surface area contributed by atoms with Gasteiger partial charge in [0.15, 0.2) is 11.6 Å². The maximum absolute atomic E-state index is 13.8. The third kappa shape index (κ3) is 3.34. The first kappa shape index (κ1) is 15.8. The highest BCUT2D eigenvalue weighted by Crippen LogP contribution is 2.32. The first-order chi connectivity index (χ1) is 10.2. The fourth-order valence-corrected chi connectivity index (χ4v) is 1.80. The van der Waals surface area contributed by atoms with Crippen LogP contribution in [0.3, 0.4) is 0 Å². The zero-order valence-electron chi connectivity index (χ0n) is 10.6. The van der Waals surface area contributed by atoms with Crippen molar-refractivity contribution in [1.29, 1.82) is 0 Å². The topological polar surface area (TPSA) is 9.23 Å². The summed E-state index contributed by atoms with van der Waals surface area (Å²) in [5, 5.41) is 0. The second-order valence-electron chi connectivity index (χ2n) is 4.15. The van der Waals surface area contributed by atoms with Gasteiger partial charge in [0.05, 0.1) is 5.56 Å². The van der Waals surface area contributed by atoms with Crippen LogP contribution in [0.4, 0.5) is 26.3 Å². The Kier molecular flexibility index (Phi) is 4.04. The van der Waals surface area contributed by atoms with Gasteiger partial charge in [0.25, 0.3) is 0 Å². The van der Waals surface area contributed by atoms with E-state index in [9.17, 15) is 26.3 Å². The van der Waals surface area contributed by atoms with Gasteiger partial charge in [-0.1, -0.05) is 12.0 Å². The van der Waals surface area contributed by atoms with Crippen LogP contribution in [0.25, 0.3) is 11.1 Å². The quantitative estimate of drug-likeness (QED) is 0.579. The fourth-order valence-electron chi connectivity index (χ4n) is 1.80. The van der Waals surface area contributed by atoms with E-state index in [2.05, 4.69) is 4.74 Å². The molecule has 2 aromatic carbocycles. The number of hydrogen-bond donors (Lipinski definition) is 0. The highest BCUT2D eigenvalue weighted by molar-refractivity contribution is 5.67. The number of terminal acetylenes is 1. The van der Waals surface area contributed by atoms with Crippen molar-refractivity contribution in [2.24, 2.45) is 0 Å². The summed E-state index contributed by atoms with van der Waals surface area (Å²) in [5.41, 5.74) is -0.946. The molecular formula is C15H6F6O. The second-order valence-corrected chi connectivity index (χ2v) is 4.15. The molecule has 0 N–H and O–H groups in total. The summed E-state index contributed by atoms with van der Waals surface area (Å²) in [6.45, 7) is 0. The maximum Gasteiger partial charge on any atom is 0.573 e. The number of hydrogen-bond acceptors (Lipinski definition) is 1. The van der Waals surface area contributed by atoms with Crippen LogP contribution >= 0.6 is 0 Å². The zero-order chi connectivity index (χ0) is 16.5. The van der Waals surface area contributed by atoms with E-state index in [4.69, 9.17) is 6.42 Å². The van der Waals surface area contributed by atoms with Gasteiger partial charge < -0.3 is 4.74 Å². The van der Waals surface area contributed by atoms with Gasteiger partial charge in [-0.2, -0.15) is 0 Å². The average Bonchev–Trinajstić information content (AvgIpc) is 2.39. The molecule has 0 atom stereocenters. The Morgan fingerprint density at radius 2 is 1.50 bits per heavy atom. The van der Waals surface area contributed by atoms with E-state index in [1.54, 1.807) is 0 Å². The van der Waals surface area contributed by atoms with E-state index in [1.165, 1.54) is 0 Å². The number of rotatable bonds is 2. The molecule has 0 radical (unpaired) electrons. The molecule has 1 nitrogen and oxygen atoms in total. The lowest BCUT2D eigenvalue weighted by Gasteiger charge is -2.11. The van der Waals surface area contributed by atoms with Gasteiger partial charge in [0.2, 0.25) is 0 Å². The Morgan fingerprint density at radius 3 is 1.95 bits per heavy atom. The molecule has 7 heteroatoms. The predicted molar refractivity (Wildman–Crippen MR) is 66.4 cm³/mol. The van der Waals surface area contributed by atoms with Gasteiger partial charge in [0.1, 0.15) is 11.6 Å². The summed E-state index contributed by atoms with van der Waals surface area (Å²) >= 11 is 0. The Labute approximate surface area is 121 Å². The van der Waals surface area contributed by atoms with Gasteiger partial charge in [-0.15, -0.1) is 19.6 Å². The standard InChI is InChI=1S/C15H6F6O/c1-2-8-5-11(17)14(12(18)6-8)9-3-4-13(10(16)7-9)22-15(19,20)21/h1,3-7H. The molecule has 2 rings (SSSR count). The van der Waals surface area contributed by atoms with Gasteiger partial charge in [0, 0.05) is 5.56 Å². The Bertz CT molecular complexity index is 735. The molecular weight excluding hydrogens is 310 g/mol.